The fraction of sp³-hybridized carbons (Fsp3) is 0.448. The van der Waals surface area contributed by atoms with Crippen LogP contribution in [0.15, 0.2) is 48.7 Å². The maximum Gasteiger partial charge on any atom is 0.254 e. The Labute approximate surface area is 212 Å². The van der Waals surface area contributed by atoms with E-state index in [2.05, 4.69) is 34.1 Å². The number of fused-ring (bicyclic) bond motifs is 3. The number of hydrogen-bond donors (Lipinski definition) is 1. The fourth-order valence-corrected chi connectivity index (χ4v) is 6.17. The third-order valence-electron chi connectivity index (χ3n) is 8.20. The van der Waals surface area contributed by atoms with E-state index in [1.807, 2.05) is 29.3 Å². The molecule has 2 aliphatic heterocycles. The molecule has 7 heteroatoms. The van der Waals surface area contributed by atoms with E-state index in [9.17, 15) is 9.90 Å². The molecule has 3 heterocycles. The maximum atomic E-state index is 13.5. The number of methoxy groups -OCH3 is 1. The van der Waals surface area contributed by atoms with Gasteiger partial charge in [-0.1, -0.05) is 18.9 Å². The first-order chi connectivity index (χ1) is 17.6. The lowest BCUT2D eigenvalue weighted by molar-refractivity contribution is 0.0192. The number of rotatable bonds is 5. The molecule has 0 radical (unpaired) electrons. The average molecular weight is 487 g/mol. The molecule has 3 aliphatic rings. The summed E-state index contributed by atoms with van der Waals surface area (Å²) >= 11 is 0. The Kier molecular flexibility index (Phi) is 6.27. The molecule has 1 saturated carbocycles. The van der Waals surface area contributed by atoms with Crippen LogP contribution in [0.25, 0.3) is 10.9 Å². The number of ether oxygens (including phenoxy) is 1. The monoisotopic (exact) mass is 486 g/mol. The van der Waals surface area contributed by atoms with E-state index < -0.39 is 6.10 Å². The van der Waals surface area contributed by atoms with Crippen LogP contribution in [0.1, 0.15) is 47.2 Å². The van der Waals surface area contributed by atoms with Crippen LogP contribution in [0.3, 0.4) is 0 Å². The second kappa shape index (κ2) is 9.71. The van der Waals surface area contributed by atoms with Crippen LogP contribution in [-0.2, 0) is 13.1 Å². The highest BCUT2D eigenvalue weighted by atomic mass is 16.5. The Balaban J connectivity index is 1.21. The summed E-state index contributed by atoms with van der Waals surface area (Å²) in [5.74, 6) is 0.926. The molecule has 1 amide bonds. The van der Waals surface area contributed by atoms with E-state index >= 15 is 0 Å². The molecule has 1 aromatic heterocycles. The van der Waals surface area contributed by atoms with Crippen molar-refractivity contribution in [3.63, 3.8) is 0 Å². The highest BCUT2D eigenvalue weighted by molar-refractivity contribution is 6.04. The lowest BCUT2D eigenvalue weighted by atomic mass is 9.91. The van der Waals surface area contributed by atoms with Crippen molar-refractivity contribution in [2.24, 2.45) is 0 Å². The summed E-state index contributed by atoms with van der Waals surface area (Å²) in [5.41, 5.74) is 5.10. The summed E-state index contributed by atoms with van der Waals surface area (Å²) in [4.78, 5) is 25.0. The minimum atomic E-state index is -0.433. The van der Waals surface area contributed by atoms with Gasteiger partial charge in [0.05, 0.1) is 24.8 Å². The van der Waals surface area contributed by atoms with E-state index in [0.29, 0.717) is 6.54 Å². The van der Waals surface area contributed by atoms with Gasteiger partial charge in [-0.25, -0.2) is 0 Å². The molecule has 2 fully saturated rings. The van der Waals surface area contributed by atoms with Gasteiger partial charge in [0.25, 0.3) is 5.91 Å². The molecular formula is C29H34N4O3. The molecule has 7 nitrogen and oxygen atoms in total. The number of anilines is 1. The van der Waals surface area contributed by atoms with Gasteiger partial charge in [0.2, 0.25) is 0 Å². The van der Waals surface area contributed by atoms with E-state index in [0.717, 1.165) is 91.7 Å². The van der Waals surface area contributed by atoms with Crippen LogP contribution in [0.4, 0.5) is 5.69 Å². The molecule has 0 bridgehead atoms. The number of amides is 1. The van der Waals surface area contributed by atoms with Crippen molar-refractivity contribution in [1.29, 1.82) is 0 Å². The lowest BCUT2D eigenvalue weighted by Crippen LogP contribution is -2.46. The zero-order chi connectivity index (χ0) is 24.6. The number of aliphatic hydroxyl groups excluding tert-OH is 1. The van der Waals surface area contributed by atoms with E-state index in [1.54, 1.807) is 7.11 Å². The minimum absolute atomic E-state index is 0.0501. The average Bonchev–Trinajstić information content (AvgIpc) is 3.25. The van der Waals surface area contributed by atoms with Crippen LogP contribution < -0.4 is 9.64 Å². The van der Waals surface area contributed by atoms with Gasteiger partial charge in [-0.15, -0.1) is 0 Å². The summed E-state index contributed by atoms with van der Waals surface area (Å²) in [6.45, 7) is 5.17. The Bertz CT molecular complexity index is 1250. The molecule has 2 unspecified atom stereocenters. The van der Waals surface area contributed by atoms with Crippen LogP contribution in [0.2, 0.25) is 0 Å². The van der Waals surface area contributed by atoms with Crippen LogP contribution in [0.5, 0.6) is 5.75 Å². The Morgan fingerprint density at radius 3 is 2.58 bits per heavy atom. The van der Waals surface area contributed by atoms with Crippen molar-refractivity contribution in [2.45, 2.75) is 50.9 Å². The Morgan fingerprint density at radius 2 is 1.83 bits per heavy atom. The SMILES string of the molecule is COc1ccc(N2CCN(Cc3cc4c(c5ncccc35)CN(C3CCCCC3O)C4=O)CC2)cc1. The molecule has 1 N–H and O–H groups in total. The number of aliphatic hydroxyl groups is 1. The van der Waals surface area contributed by atoms with E-state index in [4.69, 9.17) is 9.72 Å². The van der Waals surface area contributed by atoms with Crippen LogP contribution in [-0.4, -0.2) is 71.2 Å². The molecule has 36 heavy (non-hydrogen) atoms. The van der Waals surface area contributed by atoms with Crippen LogP contribution >= 0.6 is 0 Å². The minimum Gasteiger partial charge on any atom is -0.497 e. The van der Waals surface area contributed by atoms with Gasteiger partial charge in [0.15, 0.2) is 0 Å². The van der Waals surface area contributed by atoms with Gasteiger partial charge in [0, 0.05) is 67.7 Å². The first kappa shape index (κ1) is 23.3. The van der Waals surface area contributed by atoms with Gasteiger partial charge >= 0.3 is 0 Å². The van der Waals surface area contributed by atoms with Gasteiger partial charge in [-0.3, -0.25) is 14.7 Å². The second-order valence-electron chi connectivity index (χ2n) is 10.3. The van der Waals surface area contributed by atoms with Crippen molar-refractivity contribution in [1.82, 2.24) is 14.8 Å². The molecule has 6 rings (SSSR count). The van der Waals surface area contributed by atoms with Crippen molar-refractivity contribution < 1.29 is 14.6 Å². The topological polar surface area (TPSA) is 69.1 Å². The van der Waals surface area contributed by atoms with Crippen molar-refractivity contribution >= 4 is 22.5 Å². The molecule has 2 aromatic carbocycles. The molecule has 3 aromatic rings. The summed E-state index contributed by atoms with van der Waals surface area (Å²) < 4.78 is 5.29. The fourth-order valence-electron chi connectivity index (χ4n) is 6.17. The molecule has 2 atom stereocenters. The van der Waals surface area contributed by atoms with Crippen molar-refractivity contribution in [3.05, 3.63) is 65.4 Å². The largest absolute Gasteiger partial charge is 0.497 e. The number of carbonyl (C=O) groups excluding carboxylic acids is 1. The summed E-state index contributed by atoms with van der Waals surface area (Å²) in [6.07, 6.45) is 5.14. The van der Waals surface area contributed by atoms with Crippen LogP contribution in [0, 0.1) is 0 Å². The zero-order valence-corrected chi connectivity index (χ0v) is 20.9. The standard InChI is InChI=1S/C29H34N4O3/c1-36-22-10-8-21(9-11-22)32-15-13-31(14-16-32)18-20-17-24-25(28-23(20)5-4-12-30-28)19-33(29(24)35)26-6-2-3-7-27(26)34/h4-5,8-12,17,26-27,34H,2-3,6-7,13-16,18-19H2,1H3. The number of piperazine rings is 1. The van der Waals surface area contributed by atoms with Crippen molar-refractivity contribution in [2.75, 3.05) is 38.2 Å². The molecule has 188 valence electrons. The maximum absolute atomic E-state index is 13.5. The Hall–Kier alpha value is -3.16. The highest BCUT2D eigenvalue weighted by Crippen LogP contribution is 2.36. The van der Waals surface area contributed by atoms with E-state index in [1.165, 1.54) is 5.69 Å². The third kappa shape index (κ3) is 4.20. The van der Waals surface area contributed by atoms with Gasteiger partial charge in [0.1, 0.15) is 5.75 Å². The van der Waals surface area contributed by atoms with Gasteiger partial charge < -0.3 is 19.6 Å². The smallest absolute Gasteiger partial charge is 0.254 e. The summed E-state index contributed by atoms with van der Waals surface area (Å²) in [5, 5.41) is 11.7. The molecule has 0 spiro atoms. The number of benzene rings is 2. The number of pyridine rings is 1. The summed E-state index contributed by atoms with van der Waals surface area (Å²) in [7, 11) is 1.69. The first-order valence-corrected chi connectivity index (χ1v) is 13.1. The first-order valence-electron chi connectivity index (χ1n) is 13.1. The quantitative estimate of drug-likeness (QED) is 0.591. The second-order valence-corrected chi connectivity index (χ2v) is 10.3. The normalized spacial score (nSPS) is 22.8. The molecular weight excluding hydrogens is 452 g/mol. The van der Waals surface area contributed by atoms with E-state index in [-0.39, 0.29) is 11.9 Å². The predicted molar refractivity (Wildman–Crippen MR) is 140 cm³/mol. The third-order valence-corrected chi connectivity index (χ3v) is 8.20. The summed E-state index contributed by atoms with van der Waals surface area (Å²) in [6, 6.07) is 14.4. The zero-order valence-electron chi connectivity index (χ0n) is 20.9. The Morgan fingerprint density at radius 1 is 1.06 bits per heavy atom. The number of carbonyl (C=O) groups is 1. The number of aromatic nitrogens is 1. The highest BCUT2D eigenvalue weighted by Gasteiger charge is 2.38. The van der Waals surface area contributed by atoms with Crippen molar-refractivity contribution in [3.8, 4) is 5.75 Å². The van der Waals surface area contributed by atoms with Gasteiger partial charge in [-0.05, 0) is 54.8 Å². The number of nitrogens with zero attached hydrogens (tertiary/aromatic N) is 4. The predicted octanol–water partition coefficient (Wildman–Crippen LogP) is 3.82. The molecule has 1 saturated heterocycles. The lowest BCUT2D eigenvalue weighted by Gasteiger charge is -2.36. The molecule has 1 aliphatic carbocycles. The van der Waals surface area contributed by atoms with Gasteiger partial charge in [-0.2, -0.15) is 0 Å². The number of hydrogen-bond acceptors (Lipinski definition) is 6.